The number of hydrogen-bond acceptors (Lipinski definition) is 5. The van der Waals surface area contributed by atoms with Crippen LogP contribution in [0.2, 0.25) is 0 Å². The molecule has 2 aliphatic rings. The van der Waals surface area contributed by atoms with Gasteiger partial charge in [-0.1, -0.05) is 19.1 Å². The molecule has 0 radical (unpaired) electrons. The highest BCUT2D eigenvalue weighted by Crippen LogP contribution is 2.19. The highest BCUT2D eigenvalue weighted by molar-refractivity contribution is 5.28. The first kappa shape index (κ1) is 20.5. The molecule has 0 bridgehead atoms. The summed E-state index contributed by atoms with van der Waals surface area (Å²) in [6.45, 7) is 10.9. The number of halogens is 1. The normalized spacial score (nSPS) is 22.0. The fourth-order valence-corrected chi connectivity index (χ4v) is 3.88. The van der Waals surface area contributed by atoms with Crippen LogP contribution in [-0.2, 0) is 6.54 Å². The molecule has 0 amide bonds. The lowest BCUT2D eigenvalue weighted by Gasteiger charge is -2.34. The van der Waals surface area contributed by atoms with Gasteiger partial charge in [0.2, 0.25) is 0 Å². The van der Waals surface area contributed by atoms with Gasteiger partial charge in [-0.25, -0.2) is 4.39 Å². The Bertz CT molecular complexity index is 558. The highest BCUT2D eigenvalue weighted by Gasteiger charge is 2.19. The molecule has 1 unspecified atom stereocenters. The smallest absolute Gasteiger partial charge is 0.119 e. The first-order valence-corrected chi connectivity index (χ1v) is 10.3. The number of aliphatic hydroxyl groups excluding tert-OH is 1. The van der Waals surface area contributed by atoms with Crippen LogP contribution in [0.3, 0.4) is 0 Å². The van der Waals surface area contributed by atoms with Crippen molar-refractivity contribution in [2.75, 3.05) is 59.0 Å². The van der Waals surface area contributed by atoms with Crippen LogP contribution in [0.4, 0.5) is 4.39 Å². The molecule has 0 spiro atoms. The third-order valence-corrected chi connectivity index (χ3v) is 5.65. The molecule has 2 heterocycles. The van der Waals surface area contributed by atoms with Crippen LogP contribution in [0.15, 0.2) is 24.3 Å². The van der Waals surface area contributed by atoms with Crippen molar-refractivity contribution in [3.63, 3.8) is 0 Å². The SMILES string of the molecule is CCN1CCN(CC(O)COc2cccc(CN3CCC(F)CC3)c2)CC1. The summed E-state index contributed by atoms with van der Waals surface area (Å²) in [7, 11) is 0. The number of benzene rings is 1. The minimum absolute atomic E-state index is 0.310. The highest BCUT2D eigenvalue weighted by atomic mass is 19.1. The van der Waals surface area contributed by atoms with Crippen molar-refractivity contribution in [2.45, 2.75) is 38.6 Å². The number of ether oxygens (including phenoxy) is 1. The predicted molar refractivity (Wildman–Crippen MR) is 106 cm³/mol. The number of likely N-dealkylation sites (N-methyl/N-ethyl adjacent to an activating group) is 1. The van der Waals surface area contributed by atoms with Crippen molar-refractivity contribution >= 4 is 0 Å². The summed E-state index contributed by atoms with van der Waals surface area (Å²) < 4.78 is 19.1. The number of aliphatic hydroxyl groups is 1. The van der Waals surface area contributed by atoms with Gasteiger partial charge in [-0.05, 0) is 37.1 Å². The summed E-state index contributed by atoms with van der Waals surface area (Å²) in [6.07, 6.45) is 0.150. The quantitative estimate of drug-likeness (QED) is 0.748. The van der Waals surface area contributed by atoms with Gasteiger partial charge in [-0.3, -0.25) is 9.80 Å². The van der Waals surface area contributed by atoms with Gasteiger partial charge in [-0.15, -0.1) is 0 Å². The predicted octanol–water partition coefficient (Wildman–Crippen LogP) is 2.00. The first-order chi connectivity index (χ1) is 13.1. The number of hydrogen-bond donors (Lipinski definition) is 1. The van der Waals surface area contributed by atoms with Crippen LogP contribution in [-0.4, -0.2) is 91.0 Å². The van der Waals surface area contributed by atoms with Gasteiger partial charge in [0.1, 0.15) is 24.6 Å². The number of nitrogens with zero attached hydrogens (tertiary/aromatic N) is 3. The van der Waals surface area contributed by atoms with E-state index in [0.29, 0.717) is 26.0 Å². The first-order valence-electron chi connectivity index (χ1n) is 10.3. The second-order valence-electron chi connectivity index (χ2n) is 7.80. The molecule has 1 atom stereocenters. The lowest BCUT2D eigenvalue weighted by molar-refractivity contribution is 0.0470. The van der Waals surface area contributed by atoms with Crippen LogP contribution in [0.25, 0.3) is 0 Å². The second kappa shape index (κ2) is 10.4. The van der Waals surface area contributed by atoms with Crippen LogP contribution in [0.5, 0.6) is 5.75 Å². The minimum Gasteiger partial charge on any atom is -0.491 e. The van der Waals surface area contributed by atoms with E-state index in [0.717, 1.165) is 58.1 Å². The molecular formula is C21H34FN3O2. The Morgan fingerprint density at radius 3 is 2.48 bits per heavy atom. The van der Waals surface area contributed by atoms with E-state index in [1.54, 1.807) is 0 Å². The molecule has 1 aromatic carbocycles. The lowest BCUT2D eigenvalue weighted by Crippen LogP contribution is -2.49. The summed E-state index contributed by atoms with van der Waals surface area (Å²) in [5.74, 6) is 0.794. The summed E-state index contributed by atoms with van der Waals surface area (Å²) in [5, 5.41) is 10.3. The second-order valence-corrected chi connectivity index (χ2v) is 7.80. The van der Waals surface area contributed by atoms with Crippen LogP contribution in [0, 0.1) is 0 Å². The van der Waals surface area contributed by atoms with Crippen molar-refractivity contribution < 1.29 is 14.2 Å². The lowest BCUT2D eigenvalue weighted by atomic mass is 10.1. The molecule has 5 nitrogen and oxygen atoms in total. The van der Waals surface area contributed by atoms with E-state index in [2.05, 4.69) is 27.7 Å². The van der Waals surface area contributed by atoms with E-state index in [1.165, 1.54) is 5.56 Å². The van der Waals surface area contributed by atoms with E-state index >= 15 is 0 Å². The molecule has 2 saturated heterocycles. The zero-order chi connectivity index (χ0) is 19.1. The number of piperazine rings is 1. The average molecular weight is 380 g/mol. The molecule has 0 aromatic heterocycles. The number of alkyl halides is 1. The van der Waals surface area contributed by atoms with Crippen molar-refractivity contribution in [3.8, 4) is 5.75 Å². The fourth-order valence-electron chi connectivity index (χ4n) is 3.88. The van der Waals surface area contributed by atoms with Gasteiger partial charge < -0.3 is 14.7 Å². The summed E-state index contributed by atoms with van der Waals surface area (Å²) in [6, 6.07) is 8.04. The Hall–Kier alpha value is -1.21. The van der Waals surface area contributed by atoms with Gasteiger partial charge in [0.15, 0.2) is 0 Å². The average Bonchev–Trinajstić information content (AvgIpc) is 2.69. The van der Waals surface area contributed by atoms with Gasteiger partial charge in [0, 0.05) is 52.4 Å². The Morgan fingerprint density at radius 2 is 1.78 bits per heavy atom. The molecule has 2 fully saturated rings. The maximum Gasteiger partial charge on any atom is 0.119 e. The van der Waals surface area contributed by atoms with Crippen LogP contribution >= 0.6 is 0 Å². The van der Waals surface area contributed by atoms with Crippen molar-refractivity contribution in [2.24, 2.45) is 0 Å². The third-order valence-electron chi connectivity index (χ3n) is 5.65. The van der Waals surface area contributed by atoms with Gasteiger partial charge in [-0.2, -0.15) is 0 Å². The molecule has 2 aliphatic heterocycles. The topological polar surface area (TPSA) is 39.2 Å². The number of piperidine rings is 1. The zero-order valence-corrected chi connectivity index (χ0v) is 16.5. The summed E-state index contributed by atoms with van der Waals surface area (Å²) in [5.41, 5.74) is 1.18. The molecule has 0 saturated carbocycles. The van der Waals surface area contributed by atoms with Gasteiger partial charge in [0.05, 0.1) is 0 Å². The van der Waals surface area contributed by atoms with E-state index in [4.69, 9.17) is 4.74 Å². The Morgan fingerprint density at radius 1 is 1.07 bits per heavy atom. The van der Waals surface area contributed by atoms with Gasteiger partial charge >= 0.3 is 0 Å². The van der Waals surface area contributed by atoms with Crippen molar-refractivity contribution in [3.05, 3.63) is 29.8 Å². The Kier molecular flexibility index (Phi) is 7.88. The number of likely N-dealkylation sites (tertiary alicyclic amines) is 1. The standard InChI is InChI=1S/C21H34FN3O2/c1-2-23-10-12-25(13-11-23)16-20(26)17-27-21-5-3-4-18(14-21)15-24-8-6-19(22)7-9-24/h3-5,14,19-20,26H,2,6-13,15-17H2,1H3. The number of rotatable bonds is 8. The third kappa shape index (κ3) is 6.71. The Balaban J connectivity index is 1.40. The number of β-amino-alcohol motifs (C(OH)–C–C–N with tert-alkyl or cyclic N) is 1. The van der Waals surface area contributed by atoms with E-state index in [1.807, 2.05) is 18.2 Å². The monoisotopic (exact) mass is 379 g/mol. The summed E-state index contributed by atoms with van der Waals surface area (Å²) >= 11 is 0. The zero-order valence-electron chi connectivity index (χ0n) is 16.5. The van der Waals surface area contributed by atoms with E-state index in [9.17, 15) is 9.50 Å². The van der Waals surface area contributed by atoms with Crippen molar-refractivity contribution in [1.29, 1.82) is 0 Å². The molecule has 6 heteroatoms. The van der Waals surface area contributed by atoms with E-state index < -0.39 is 12.3 Å². The van der Waals surface area contributed by atoms with E-state index in [-0.39, 0.29) is 0 Å². The molecule has 1 aromatic rings. The minimum atomic E-state index is -0.637. The molecule has 0 aliphatic carbocycles. The molecule has 27 heavy (non-hydrogen) atoms. The molecule has 1 N–H and O–H groups in total. The van der Waals surface area contributed by atoms with Crippen molar-refractivity contribution in [1.82, 2.24) is 14.7 Å². The largest absolute Gasteiger partial charge is 0.491 e. The molecule has 152 valence electrons. The molecular weight excluding hydrogens is 345 g/mol. The maximum atomic E-state index is 13.3. The fraction of sp³-hybridized carbons (Fsp3) is 0.714. The van der Waals surface area contributed by atoms with Crippen LogP contribution in [0.1, 0.15) is 25.3 Å². The Labute approximate surface area is 162 Å². The summed E-state index contributed by atoms with van der Waals surface area (Å²) in [4.78, 5) is 7.03. The van der Waals surface area contributed by atoms with Crippen LogP contribution < -0.4 is 4.74 Å². The van der Waals surface area contributed by atoms with Gasteiger partial charge in [0.25, 0.3) is 0 Å². The molecule has 3 rings (SSSR count). The maximum absolute atomic E-state index is 13.3.